The van der Waals surface area contributed by atoms with Crippen LogP contribution < -0.4 is 0 Å². The van der Waals surface area contributed by atoms with Crippen molar-refractivity contribution in [2.75, 3.05) is 0 Å². The highest BCUT2D eigenvalue weighted by atomic mass is 16.2. The Morgan fingerprint density at radius 2 is 0.975 bits per heavy atom. The smallest absolute Gasteiger partial charge is 0.234 e. The third-order valence-electron chi connectivity index (χ3n) is 10.6. The third-order valence-corrected chi connectivity index (χ3v) is 10.6. The molecular formula is C34H42N2O4. The molecule has 40 heavy (non-hydrogen) atoms. The average molecular weight is 543 g/mol. The van der Waals surface area contributed by atoms with Crippen LogP contribution in [0.15, 0.2) is 48.5 Å². The number of imide groups is 2. The van der Waals surface area contributed by atoms with Gasteiger partial charge in [0.25, 0.3) is 0 Å². The number of benzene rings is 2. The normalized spacial score (nSPS) is 24.4. The van der Waals surface area contributed by atoms with E-state index in [4.69, 9.17) is 0 Å². The Morgan fingerprint density at radius 1 is 0.575 bits per heavy atom. The van der Waals surface area contributed by atoms with E-state index in [1.165, 1.54) is 15.4 Å². The number of fused-ring (bicyclic) bond motifs is 4. The van der Waals surface area contributed by atoms with E-state index in [9.17, 15) is 19.2 Å². The van der Waals surface area contributed by atoms with Crippen molar-refractivity contribution in [1.82, 2.24) is 9.80 Å². The maximum Gasteiger partial charge on any atom is 0.234 e. The van der Waals surface area contributed by atoms with Crippen LogP contribution in [0.25, 0.3) is 11.1 Å². The number of amides is 4. The number of likely N-dealkylation sites (tertiary alicyclic amines) is 2. The number of hydrogen-bond donors (Lipinski definition) is 0. The predicted octanol–water partition coefficient (Wildman–Crippen LogP) is 6.02. The van der Waals surface area contributed by atoms with Gasteiger partial charge in [-0.15, -0.1) is 0 Å². The van der Waals surface area contributed by atoms with E-state index in [0.29, 0.717) is 18.3 Å². The molecule has 0 bridgehead atoms. The number of carbonyl (C=O) groups excluding carboxylic acids is 4. The van der Waals surface area contributed by atoms with Crippen molar-refractivity contribution < 1.29 is 19.2 Å². The molecule has 6 heteroatoms. The number of hydrogen-bond acceptors (Lipinski definition) is 4. The first-order valence-electron chi connectivity index (χ1n) is 14.9. The van der Waals surface area contributed by atoms with Gasteiger partial charge in [-0.1, -0.05) is 96.0 Å². The summed E-state index contributed by atoms with van der Waals surface area (Å²) in [4.78, 5) is 56.0. The van der Waals surface area contributed by atoms with E-state index in [1.807, 2.05) is 45.0 Å². The molecule has 5 rings (SSSR count). The molecule has 1 saturated carbocycles. The molecule has 4 unspecified atom stereocenters. The van der Waals surface area contributed by atoms with Crippen LogP contribution >= 0.6 is 0 Å². The van der Waals surface area contributed by atoms with Gasteiger partial charge in [0.15, 0.2) is 0 Å². The fourth-order valence-electron chi connectivity index (χ4n) is 6.90. The first-order chi connectivity index (χ1) is 19.0. The van der Waals surface area contributed by atoms with Crippen molar-refractivity contribution in [1.29, 1.82) is 0 Å². The topological polar surface area (TPSA) is 74.8 Å². The molecule has 4 amide bonds. The minimum absolute atomic E-state index is 0.156. The summed E-state index contributed by atoms with van der Waals surface area (Å²) in [6, 6.07) is 16.6. The van der Waals surface area contributed by atoms with Gasteiger partial charge in [0.2, 0.25) is 23.6 Å². The maximum atomic E-state index is 13.4. The van der Waals surface area contributed by atoms with Crippen LogP contribution in [0.4, 0.5) is 0 Å². The highest BCUT2D eigenvalue weighted by Gasteiger charge is 2.74. The van der Waals surface area contributed by atoms with Crippen molar-refractivity contribution in [3.05, 3.63) is 59.7 Å². The molecule has 0 N–H and O–H groups in total. The van der Waals surface area contributed by atoms with Gasteiger partial charge < -0.3 is 0 Å². The van der Waals surface area contributed by atoms with Gasteiger partial charge in [-0.2, -0.15) is 0 Å². The molecule has 1 aliphatic carbocycles. The Bertz CT molecular complexity index is 1280. The van der Waals surface area contributed by atoms with E-state index in [-0.39, 0.29) is 30.2 Å². The van der Waals surface area contributed by atoms with Gasteiger partial charge in [0.1, 0.15) is 0 Å². The zero-order chi connectivity index (χ0) is 29.0. The SMILES string of the molecule is CCC(C)(CC)Cc1ccc(-c2ccc(CN3C(=O)C4C(C3=O)C3C(=O)N(C(C)(CC)CC)C(=O)C43)cc2)cc1. The number of rotatable bonds is 10. The van der Waals surface area contributed by atoms with Gasteiger partial charge in [0.05, 0.1) is 30.2 Å². The van der Waals surface area contributed by atoms with E-state index in [0.717, 1.165) is 36.0 Å². The van der Waals surface area contributed by atoms with E-state index in [1.54, 1.807) is 0 Å². The highest BCUT2D eigenvalue weighted by molar-refractivity contribution is 6.18. The van der Waals surface area contributed by atoms with Crippen LogP contribution in [0.3, 0.4) is 0 Å². The summed E-state index contributed by atoms with van der Waals surface area (Å²) in [5.41, 5.74) is 4.11. The zero-order valence-corrected chi connectivity index (χ0v) is 24.7. The van der Waals surface area contributed by atoms with Crippen LogP contribution in [-0.2, 0) is 32.1 Å². The van der Waals surface area contributed by atoms with Gasteiger partial charge in [-0.05, 0) is 53.9 Å². The zero-order valence-electron chi connectivity index (χ0n) is 24.7. The second-order valence-electron chi connectivity index (χ2n) is 12.7. The minimum Gasteiger partial charge on any atom is -0.278 e. The monoisotopic (exact) mass is 542 g/mol. The van der Waals surface area contributed by atoms with Crippen molar-refractivity contribution >= 4 is 23.6 Å². The third kappa shape index (κ3) is 4.31. The lowest BCUT2D eigenvalue weighted by Crippen LogP contribution is -2.50. The van der Waals surface area contributed by atoms with Crippen molar-refractivity contribution in [3.8, 4) is 11.1 Å². The van der Waals surface area contributed by atoms with Crippen LogP contribution in [0.5, 0.6) is 0 Å². The lowest BCUT2D eigenvalue weighted by atomic mass is 9.59. The molecule has 3 aliphatic rings. The van der Waals surface area contributed by atoms with Gasteiger partial charge in [0, 0.05) is 5.54 Å². The maximum absolute atomic E-state index is 13.4. The Morgan fingerprint density at radius 3 is 1.38 bits per heavy atom. The lowest BCUT2D eigenvalue weighted by Gasteiger charge is -2.36. The molecule has 2 aliphatic heterocycles. The molecule has 0 spiro atoms. The second-order valence-corrected chi connectivity index (χ2v) is 12.7. The molecule has 2 aromatic carbocycles. The molecule has 2 aromatic rings. The molecule has 2 saturated heterocycles. The summed E-state index contributed by atoms with van der Waals surface area (Å²) < 4.78 is 0. The first-order valence-corrected chi connectivity index (χ1v) is 14.9. The Balaban J connectivity index is 1.27. The quantitative estimate of drug-likeness (QED) is 0.344. The summed E-state index contributed by atoms with van der Waals surface area (Å²) >= 11 is 0. The summed E-state index contributed by atoms with van der Waals surface area (Å²) in [5, 5.41) is 0. The molecule has 4 atom stereocenters. The fraction of sp³-hybridized carbons (Fsp3) is 0.529. The van der Waals surface area contributed by atoms with Crippen molar-refractivity contribution in [2.45, 2.75) is 85.7 Å². The second kappa shape index (κ2) is 10.3. The van der Waals surface area contributed by atoms with E-state index < -0.39 is 29.2 Å². The van der Waals surface area contributed by atoms with Gasteiger partial charge in [-0.3, -0.25) is 29.0 Å². The summed E-state index contributed by atoms with van der Waals surface area (Å²) in [5.74, 6) is -4.03. The molecule has 2 heterocycles. The van der Waals surface area contributed by atoms with Crippen molar-refractivity contribution in [2.24, 2.45) is 29.1 Å². The predicted molar refractivity (Wildman–Crippen MR) is 155 cm³/mol. The van der Waals surface area contributed by atoms with Crippen LogP contribution in [-0.4, -0.2) is 39.0 Å². The standard InChI is InChI=1S/C34H42N2O4/c1-7-33(5,8-2)19-21-11-15-23(16-12-21)24-17-13-22(14-18-24)20-35-29(37)25-26(30(35)38)28-27(25)31(39)36(32(28)40)34(6,9-3)10-4/h11-18,25-28H,7-10,19-20H2,1-6H3. The van der Waals surface area contributed by atoms with Crippen LogP contribution in [0.2, 0.25) is 0 Å². The van der Waals surface area contributed by atoms with Crippen LogP contribution in [0, 0.1) is 29.1 Å². The molecule has 0 radical (unpaired) electrons. The van der Waals surface area contributed by atoms with E-state index in [2.05, 4.69) is 45.0 Å². The largest absolute Gasteiger partial charge is 0.278 e. The molecule has 6 nitrogen and oxygen atoms in total. The highest BCUT2D eigenvalue weighted by Crippen LogP contribution is 2.58. The first kappa shape index (κ1) is 28.3. The number of nitrogens with zero attached hydrogens (tertiary/aromatic N) is 2. The molecule has 0 aromatic heterocycles. The Hall–Kier alpha value is -3.28. The average Bonchev–Trinajstić information content (AvgIpc) is 3.28. The Labute approximate surface area is 238 Å². The fourth-order valence-corrected chi connectivity index (χ4v) is 6.90. The van der Waals surface area contributed by atoms with Gasteiger partial charge >= 0.3 is 0 Å². The Kier molecular flexibility index (Phi) is 7.26. The van der Waals surface area contributed by atoms with Crippen LogP contribution in [0.1, 0.15) is 78.4 Å². The molecule has 3 fully saturated rings. The van der Waals surface area contributed by atoms with Crippen molar-refractivity contribution in [3.63, 3.8) is 0 Å². The van der Waals surface area contributed by atoms with Gasteiger partial charge in [-0.25, -0.2) is 0 Å². The summed E-state index contributed by atoms with van der Waals surface area (Å²) in [6.45, 7) is 12.8. The number of carbonyl (C=O) groups is 4. The summed E-state index contributed by atoms with van der Waals surface area (Å²) in [7, 11) is 0. The summed E-state index contributed by atoms with van der Waals surface area (Å²) in [6.07, 6.45) is 4.65. The molecule has 212 valence electrons. The lowest BCUT2D eigenvalue weighted by molar-refractivity contribution is -0.149. The minimum atomic E-state index is -0.711. The van der Waals surface area contributed by atoms with E-state index >= 15 is 0 Å². The molecular weight excluding hydrogens is 500 g/mol.